The Bertz CT molecular complexity index is 1080. The van der Waals surface area contributed by atoms with E-state index in [1.165, 1.54) is 4.90 Å². The van der Waals surface area contributed by atoms with Crippen LogP contribution in [0.2, 0.25) is 5.02 Å². The number of ketones is 1. The summed E-state index contributed by atoms with van der Waals surface area (Å²) in [6.45, 7) is 6.01. The van der Waals surface area contributed by atoms with Crippen molar-refractivity contribution in [2.75, 3.05) is 46.5 Å². The molecule has 0 bridgehead atoms. The van der Waals surface area contributed by atoms with Crippen molar-refractivity contribution in [3.8, 4) is 5.75 Å². The largest absolute Gasteiger partial charge is 0.507 e. The minimum Gasteiger partial charge on any atom is -0.507 e. The first kappa shape index (κ1) is 23.3. The third kappa shape index (κ3) is 4.76. The van der Waals surface area contributed by atoms with Crippen LogP contribution in [-0.2, 0) is 14.3 Å². The van der Waals surface area contributed by atoms with Crippen molar-refractivity contribution in [2.24, 2.45) is 0 Å². The molecule has 1 amide bonds. The van der Waals surface area contributed by atoms with E-state index in [9.17, 15) is 14.7 Å². The third-order valence-electron chi connectivity index (χ3n) is 6.32. The van der Waals surface area contributed by atoms with E-state index in [1.807, 2.05) is 6.92 Å². The number of hydrogen-bond donors (Lipinski definition) is 2. The Morgan fingerprint density at radius 1 is 1.18 bits per heavy atom. The number of ether oxygens (including phenoxy) is 2. The zero-order valence-electron chi connectivity index (χ0n) is 18.8. The molecular formula is C25H28ClN2O5+. The second kappa shape index (κ2) is 9.95. The molecule has 8 heteroatoms. The number of halogens is 1. The fraction of sp³-hybridized carbons (Fsp3) is 0.360. The molecule has 1 unspecified atom stereocenters. The molecule has 0 aromatic heterocycles. The van der Waals surface area contributed by atoms with Crippen molar-refractivity contribution in [3.05, 3.63) is 69.8 Å². The number of methoxy groups -OCH3 is 1. The van der Waals surface area contributed by atoms with Gasteiger partial charge in [-0.05, 0) is 48.4 Å². The van der Waals surface area contributed by atoms with Gasteiger partial charge in [0.15, 0.2) is 0 Å². The molecule has 0 spiro atoms. The fourth-order valence-corrected chi connectivity index (χ4v) is 4.59. The molecule has 0 aliphatic carbocycles. The van der Waals surface area contributed by atoms with Crippen LogP contribution in [0.25, 0.3) is 5.76 Å². The summed E-state index contributed by atoms with van der Waals surface area (Å²) in [4.78, 5) is 29.2. The summed E-state index contributed by atoms with van der Waals surface area (Å²) in [5.74, 6) is -0.822. The maximum absolute atomic E-state index is 13.2. The second-order valence-electron chi connectivity index (χ2n) is 8.34. The normalized spacial score (nSPS) is 20.9. The SMILES string of the molecule is COc1ccc(C(O)=C2C(=O)C(=O)N(CC[NH+]3CCOCC3)C2c2ccc(Cl)cc2)c(C)c1. The van der Waals surface area contributed by atoms with Gasteiger partial charge in [-0.15, -0.1) is 0 Å². The summed E-state index contributed by atoms with van der Waals surface area (Å²) in [7, 11) is 1.57. The molecule has 2 aliphatic rings. The topological polar surface area (TPSA) is 80.5 Å². The van der Waals surface area contributed by atoms with E-state index >= 15 is 0 Å². The van der Waals surface area contributed by atoms with Crippen LogP contribution in [0.4, 0.5) is 0 Å². The summed E-state index contributed by atoms with van der Waals surface area (Å²) >= 11 is 6.08. The molecule has 2 N–H and O–H groups in total. The van der Waals surface area contributed by atoms with Crippen molar-refractivity contribution in [1.29, 1.82) is 0 Å². The van der Waals surface area contributed by atoms with Crippen LogP contribution in [0, 0.1) is 6.92 Å². The Morgan fingerprint density at radius 3 is 2.52 bits per heavy atom. The monoisotopic (exact) mass is 471 g/mol. The number of carbonyl (C=O) groups is 2. The van der Waals surface area contributed by atoms with Crippen LogP contribution in [-0.4, -0.2) is 68.2 Å². The highest BCUT2D eigenvalue weighted by Crippen LogP contribution is 2.40. The standard InChI is InChI=1S/C25H27ClN2O5/c1-16-15-19(32-2)7-8-20(16)23(29)21-22(17-3-5-18(26)6-4-17)28(25(31)24(21)30)10-9-27-11-13-33-14-12-27/h3-8,15,22,29H,9-14H2,1-2H3/p+1. The smallest absolute Gasteiger partial charge is 0.295 e. The number of Topliss-reactive ketones (excluding diaryl/α,β-unsaturated/α-hetero) is 1. The fourth-order valence-electron chi connectivity index (χ4n) is 4.46. The lowest BCUT2D eigenvalue weighted by atomic mass is 9.94. The van der Waals surface area contributed by atoms with Crippen molar-refractivity contribution in [3.63, 3.8) is 0 Å². The molecule has 2 fully saturated rings. The van der Waals surface area contributed by atoms with E-state index in [4.69, 9.17) is 21.1 Å². The van der Waals surface area contributed by atoms with E-state index < -0.39 is 17.7 Å². The van der Waals surface area contributed by atoms with Gasteiger partial charge >= 0.3 is 0 Å². The van der Waals surface area contributed by atoms with Gasteiger partial charge in [-0.25, -0.2) is 0 Å². The van der Waals surface area contributed by atoms with Gasteiger partial charge in [-0.3, -0.25) is 9.59 Å². The summed E-state index contributed by atoms with van der Waals surface area (Å²) in [6, 6.07) is 11.5. The van der Waals surface area contributed by atoms with Crippen LogP contribution in [0.5, 0.6) is 5.75 Å². The van der Waals surface area contributed by atoms with E-state index in [2.05, 4.69) is 0 Å². The zero-order valence-corrected chi connectivity index (χ0v) is 19.5. The average molecular weight is 472 g/mol. The first-order valence-electron chi connectivity index (χ1n) is 11.0. The van der Waals surface area contributed by atoms with Gasteiger partial charge in [0.05, 0.1) is 45.0 Å². The van der Waals surface area contributed by atoms with Crippen LogP contribution in [0.1, 0.15) is 22.7 Å². The number of hydrogen-bond acceptors (Lipinski definition) is 5. The molecule has 1 atom stereocenters. The maximum atomic E-state index is 13.2. The molecule has 174 valence electrons. The second-order valence-corrected chi connectivity index (χ2v) is 8.77. The van der Waals surface area contributed by atoms with Gasteiger partial charge in [0.2, 0.25) is 0 Å². The van der Waals surface area contributed by atoms with Crippen molar-refractivity contribution in [1.82, 2.24) is 4.90 Å². The Kier molecular flexibility index (Phi) is 7.02. The Hall–Kier alpha value is -2.87. The van der Waals surface area contributed by atoms with Gasteiger partial charge < -0.3 is 24.4 Å². The van der Waals surface area contributed by atoms with Crippen molar-refractivity contribution >= 4 is 29.1 Å². The Balaban J connectivity index is 1.75. The lowest BCUT2D eigenvalue weighted by molar-refractivity contribution is -0.907. The number of benzene rings is 2. The van der Waals surface area contributed by atoms with E-state index in [0.717, 1.165) is 24.2 Å². The molecule has 2 aromatic carbocycles. The van der Waals surface area contributed by atoms with Crippen molar-refractivity contribution in [2.45, 2.75) is 13.0 Å². The maximum Gasteiger partial charge on any atom is 0.295 e. The van der Waals surface area contributed by atoms with E-state index in [1.54, 1.807) is 54.5 Å². The summed E-state index contributed by atoms with van der Waals surface area (Å²) in [6.07, 6.45) is 0. The molecule has 2 aliphatic heterocycles. The zero-order chi connectivity index (χ0) is 23.5. The number of amides is 1. The highest BCUT2D eigenvalue weighted by molar-refractivity contribution is 6.46. The van der Waals surface area contributed by atoms with Gasteiger partial charge in [0, 0.05) is 10.6 Å². The minimum atomic E-state index is -0.691. The van der Waals surface area contributed by atoms with E-state index in [0.29, 0.717) is 42.6 Å². The lowest BCUT2D eigenvalue weighted by Gasteiger charge is -2.29. The average Bonchev–Trinajstić information content (AvgIpc) is 3.08. The van der Waals surface area contributed by atoms with Gasteiger partial charge in [-0.2, -0.15) is 0 Å². The third-order valence-corrected chi connectivity index (χ3v) is 6.57. The Labute approximate surface area is 198 Å². The quantitative estimate of drug-likeness (QED) is 0.382. The molecule has 0 radical (unpaired) electrons. The number of aryl methyl sites for hydroxylation is 1. The molecule has 33 heavy (non-hydrogen) atoms. The lowest BCUT2D eigenvalue weighted by Crippen LogP contribution is -3.14. The molecule has 4 rings (SSSR count). The summed E-state index contributed by atoms with van der Waals surface area (Å²) < 4.78 is 10.7. The predicted octanol–water partition coefficient (Wildman–Crippen LogP) is 1.99. The number of likely N-dealkylation sites (tertiary alicyclic amines) is 1. The van der Waals surface area contributed by atoms with Crippen LogP contribution in [0.3, 0.4) is 0 Å². The number of nitrogens with zero attached hydrogens (tertiary/aromatic N) is 1. The molecule has 0 saturated carbocycles. The molecule has 2 aromatic rings. The number of aliphatic hydroxyl groups excluding tert-OH is 1. The van der Waals surface area contributed by atoms with Crippen LogP contribution in [0.15, 0.2) is 48.0 Å². The molecule has 2 saturated heterocycles. The first-order valence-corrected chi connectivity index (χ1v) is 11.4. The number of morpholine rings is 1. The number of quaternary nitrogens is 1. The molecule has 2 heterocycles. The van der Waals surface area contributed by atoms with Crippen LogP contribution < -0.4 is 9.64 Å². The number of rotatable bonds is 6. The molecular weight excluding hydrogens is 444 g/mol. The van der Waals surface area contributed by atoms with Crippen LogP contribution >= 0.6 is 11.6 Å². The number of nitrogens with one attached hydrogen (secondary N) is 1. The predicted molar refractivity (Wildman–Crippen MR) is 125 cm³/mol. The number of carbonyl (C=O) groups excluding carboxylic acids is 2. The van der Waals surface area contributed by atoms with E-state index in [-0.39, 0.29) is 11.3 Å². The van der Waals surface area contributed by atoms with Gasteiger partial charge in [-0.1, -0.05) is 23.7 Å². The van der Waals surface area contributed by atoms with Gasteiger partial charge in [0.25, 0.3) is 11.7 Å². The highest BCUT2D eigenvalue weighted by Gasteiger charge is 2.46. The number of aliphatic hydroxyl groups is 1. The summed E-state index contributed by atoms with van der Waals surface area (Å²) in [5.41, 5.74) is 2.05. The Morgan fingerprint density at radius 2 is 1.88 bits per heavy atom. The highest BCUT2D eigenvalue weighted by atomic mass is 35.5. The first-order chi connectivity index (χ1) is 15.9. The van der Waals surface area contributed by atoms with Gasteiger partial charge in [0.1, 0.15) is 24.6 Å². The van der Waals surface area contributed by atoms with Crippen molar-refractivity contribution < 1.29 is 29.1 Å². The molecule has 7 nitrogen and oxygen atoms in total. The summed E-state index contributed by atoms with van der Waals surface area (Å²) in [5, 5.41) is 11.8. The minimum absolute atomic E-state index is 0.0903.